The number of carbonyl (C=O) groups is 1. The Kier molecular flexibility index (Phi) is 3.31. The Balaban J connectivity index is 2.00. The van der Waals surface area contributed by atoms with E-state index in [-0.39, 0.29) is 18.0 Å². The van der Waals surface area contributed by atoms with Crippen LogP contribution in [0.1, 0.15) is 37.5 Å². The van der Waals surface area contributed by atoms with Gasteiger partial charge in [-0.15, -0.1) is 0 Å². The number of carbonyl (C=O) groups excluding carboxylic acids is 1. The van der Waals surface area contributed by atoms with Crippen LogP contribution in [0.25, 0.3) is 16.8 Å². The molecule has 1 aliphatic carbocycles. The minimum Gasteiger partial charge on any atom is -0.453 e. The first kappa shape index (κ1) is 12.9. The molecule has 0 bridgehead atoms. The monoisotopic (exact) mass is 266 g/mol. The summed E-state index contributed by atoms with van der Waals surface area (Å²) in [5.74, 6) is -0.182. The third-order valence-electron chi connectivity index (χ3n) is 3.98. The van der Waals surface area contributed by atoms with Gasteiger partial charge in [-0.25, -0.2) is 0 Å². The van der Waals surface area contributed by atoms with Gasteiger partial charge in [0.1, 0.15) is 6.10 Å². The second-order valence-electron chi connectivity index (χ2n) is 5.32. The normalized spacial score (nSPS) is 18.0. The van der Waals surface area contributed by atoms with E-state index in [1.54, 1.807) is 0 Å². The summed E-state index contributed by atoms with van der Waals surface area (Å²) in [4.78, 5) is 12.0. The van der Waals surface area contributed by atoms with Gasteiger partial charge in [0.25, 0.3) is 0 Å². The molecule has 0 aromatic heterocycles. The van der Waals surface area contributed by atoms with Crippen LogP contribution in [0.15, 0.2) is 42.5 Å². The van der Waals surface area contributed by atoms with E-state index in [1.165, 1.54) is 16.3 Å². The lowest BCUT2D eigenvalue weighted by Crippen LogP contribution is -2.17. The minimum atomic E-state index is -0.268. The van der Waals surface area contributed by atoms with Crippen molar-refractivity contribution in [1.82, 2.24) is 0 Å². The summed E-state index contributed by atoms with van der Waals surface area (Å²) < 4.78 is 5.67. The first-order valence-electron chi connectivity index (χ1n) is 7.11. The van der Waals surface area contributed by atoms with Gasteiger partial charge in [0.15, 0.2) is 0 Å². The van der Waals surface area contributed by atoms with Crippen LogP contribution in [0.2, 0.25) is 0 Å². The Morgan fingerprint density at radius 2 is 2.00 bits per heavy atom. The Hall–Kier alpha value is -2.09. The van der Waals surface area contributed by atoms with E-state index in [0.29, 0.717) is 0 Å². The van der Waals surface area contributed by atoms with Crippen molar-refractivity contribution in [3.63, 3.8) is 0 Å². The molecule has 102 valence electrons. The van der Waals surface area contributed by atoms with E-state index in [9.17, 15) is 4.79 Å². The van der Waals surface area contributed by atoms with Gasteiger partial charge in [-0.1, -0.05) is 56.3 Å². The van der Waals surface area contributed by atoms with Crippen molar-refractivity contribution < 1.29 is 9.53 Å². The molecule has 2 aromatic rings. The summed E-state index contributed by atoms with van der Waals surface area (Å²) in [5.41, 5.74) is 2.27. The molecule has 0 radical (unpaired) electrons. The van der Waals surface area contributed by atoms with Gasteiger partial charge in [0.2, 0.25) is 0 Å². The van der Waals surface area contributed by atoms with Gasteiger partial charge >= 0.3 is 5.97 Å². The Morgan fingerprint density at radius 3 is 2.75 bits per heavy atom. The van der Waals surface area contributed by atoms with E-state index in [1.807, 2.05) is 38.1 Å². The average molecular weight is 266 g/mol. The van der Waals surface area contributed by atoms with Crippen LogP contribution < -0.4 is 0 Å². The maximum atomic E-state index is 12.0. The summed E-state index contributed by atoms with van der Waals surface area (Å²) in [5, 5.41) is 2.38. The standard InChI is InChI=1S/C18H18O2/c1-3-12(2)18(19)20-16-11-10-14-7-4-6-13-8-5-9-15(16)17(13)14/h4-12,16H,3H2,1-2H3. The minimum absolute atomic E-state index is 0.0558. The lowest BCUT2D eigenvalue weighted by atomic mass is 9.91. The number of ether oxygens (including phenoxy) is 1. The van der Waals surface area contributed by atoms with E-state index in [4.69, 9.17) is 4.74 Å². The molecule has 1 aliphatic rings. The number of rotatable bonds is 3. The summed E-state index contributed by atoms with van der Waals surface area (Å²) in [6, 6.07) is 12.4. The largest absolute Gasteiger partial charge is 0.453 e. The van der Waals surface area contributed by atoms with E-state index in [0.717, 1.165) is 12.0 Å². The van der Waals surface area contributed by atoms with Crippen molar-refractivity contribution in [3.05, 3.63) is 53.6 Å². The maximum Gasteiger partial charge on any atom is 0.309 e. The van der Waals surface area contributed by atoms with Crippen LogP contribution in [-0.4, -0.2) is 5.97 Å². The maximum absolute atomic E-state index is 12.0. The number of esters is 1. The quantitative estimate of drug-likeness (QED) is 0.765. The summed E-state index contributed by atoms with van der Waals surface area (Å²) in [6.45, 7) is 3.90. The molecule has 2 atom stereocenters. The van der Waals surface area contributed by atoms with Gasteiger partial charge in [0.05, 0.1) is 5.92 Å². The van der Waals surface area contributed by atoms with Gasteiger partial charge in [-0.3, -0.25) is 4.79 Å². The molecule has 2 unspecified atom stereocenters. The third-order valence-corrected chi connectivity index (χ3v) is 3.98. The van der Waals surface area contributed by atoms with Crippen LogP contribution in [-0.2, 0) is 9.53 Å². The van der Waals surface area contributed by atoms with E-state index >= 15 is 0 Å². The summed E-state index contributed by atoms with van der Waals surface area (Å²) in [6.07, 6.45) is 4.55. The molecule has 2 heteroatoms. The fraction of sp³-hybridized carbons (Fsp3) is 0.278. The highest BCUT2D eigenvalue weighted by atomic mass is 16.5. The van der Waals surface area contributed by atoms with Crippen LogP contribution in [0.5, 0.6) is 0 Å². The highest BCUT2D eigenvalue weighted by molar-refractivity contribution is 5.95. The highest BCUT2D eigenvalue weighted by Crippen LogP contribution is 2.35. The first-order valence-corrected chi connectivity index (χ1v) is 7.11. The van der Waals surface area contributed by atoms with Crippen molar-refractivity contribution in [2.75, 3.05) is 0 Å². The first-order chi connectivity index (χ1) is 9.70. The number of hydrogen-bond acceptors (Lipinski definition) is 2. The van der Waals surface area contributed by atoms with Gasteiger partial charge in [0, 0.05) is 5.56 Å². The van der Waals surface area contributed by atoms with Gasteiger partial charge in [-0.05, 0) is 28.8 Å². The second-order valence-corrected chi connectivity index (χ2v) is 5.32. The molecule has 2 aromatic carbocycles. The SMILES string of the molecule is CCC(C)C(=O)OC1C=Cc2cccc3cccc1c23. The molecule has 0 N–H and O–H groups in total. The molecule has 0 saturated carbocycles. The van der Waals surface area contributed by atoms with Crippen molar-refractivity contribution in [2.24, 2.45) is 5.92 Å². The average Bonchev–Trinajstić information content (AvgIpc) is 2.49. The Labute approximate surface area is 119 Å². The van der Waals surface area contributed by atoms with Crippen molar-refractivity contribution in [3.8, 4) is 0 Å². The fourth-order valence-corrected chi connectivity index (χ4v) is 2.58. The molecule has 0 spiro atoms. The van der Waals surface area contributed by atoms with Gasteiger partial charge in [-0.2, -0.15) is 0 Å². The zero-order chi connectivity index (χ0) is 14.1. The zero-order valence-electron chi connectivity index (χ0n) is 11.8. The predicted molar refractivity (Wildman–Crippen MR) is 81.3 cm³/mol. The van der Waals surface area contributed by atoms with Crippen LogP contribution in [0, 0.1) is 5.92 Å². The van der Waals surface area contributed by atoms with Crippen LogP contribution >= 0.6 is 0 Å². The van der Waals surface area contributed by atoms with E-state index < -0.39 is 0 Å². The summed E-state index contributed by atoms with van der Waals surface area (Å²) >= 11 is 0. The second kappa shape index (κ2) is 5.12. The number of hydrogen-bond donors (Lipinski definition) is 0. The molecule has 0 heterocycles. The molecule has 0 saturated heterocycles. The molecule has 20 heavy (non-hydrogen) atoms. The smallest absolute Gasteiger partial charge is 0.309 e. The highest BCUT2D eigenvalue weighted by Gasteiger charge is 2.22. The molecule has 0 amide bonds. The fourth-order valence-electron chi connectivity index (χ4n) is 2.58. The molecule has 2 nitrogen and oxygen atoms in total. The van der Waals surface area contributed by atoms with Crippen molar-refractivity contribution in [2.45, 2.75) is 26.4 Å². The van der Waals surface area contributed by atoms with Crippen molar-refractivity contribution >= 4 is 22.8 Å². The number of benzene rings is 2. The third kappa shape index (κ3) is 2.11. The van der Waals surface area contributed by atoms with Crippen LogP contribution in [0.4, 0.5) is 0 Å². The Bertz CT molecular complexity index is 680. The lowest BCUT2D eigenvalue weighted by Gasteiger charge is -2.22. The Morgan fingerprint density at radius 1 is 1.25 bits per heavy atom. The molecular weight excluding hydrogens is 248 g/mol. The topological polar surface area (TPSA) is 26.3 Å². The molecular formula is C18H18O2. The molecule has 0 aliphatic heterocycles. The molecule has 3 rings (SSSR count). The van der Waals surface area contributed by atoms with Crippen molar-refractivity contribution in [1.29, 1.82) is 0 Å². The molecule has 0 fully saturated rings. The predicted octanol–water partition coefficient (Wildman–Crippen LogP) is 4.50. The van der Waals surface area contributed by atoms with E-state index in [2.05, 4.69) is 24.3 Å². The lowest BCUT2D eigenvalue weighted by molar-refractivity contribution is -0.151. The van der Waals surface area contributed by atoms with Crippen LogP contribution in [0.3, 0.4) is 0 Å². The zero-order valence-corrected chi connectivity index (χ0v) is 11.8. The van der Waals surface area contributed by atoms with Gasteiger partial charge < -0.3 is 4.74 Å². The summed E-state index contributed by atoms with van der Waals surface area (Å²) in [7, 11) is 0.